The van der Waals surface area contributed by atoms with Gasteiger partial charge in [0.25, 0.3) is 0 Å². The Bertz CT molecular complexity index is 650. The number of aliphatic imine (C=N–C) groups is 2. The van der Waals surface area contributed by atoms with E-state index in [-0.39, 0.29) is 0 Å². The van der Waals surface area contributed by atoms with Gasteiger partial charge in [0, 0.05) is 11.1 Å². The lowest BCUT2D eigenvalue weighted by Gasteiger charge is -2.31. The van der Waals surface area contributed by atoms with Gasteiger partial charge >= 0.3 is 0 Å². The standard InChI is InChI=1S/C20H22N2/c1-3-10-15(4-2)19-20(16-11-6-5-7-12-16)22-18-14-9-8-13-17(18)21-19/h3-7,10-12,17-18H,1-2,8-9,13-14H2/b15-10+. The minimum Gasteiger partial charge on any atom is -0.277 e. The first-order chi connectivity index (χ1) is 10.8. The fourth-order valence-electron chi connectivity index (χ4n) is 3.24. The first-order valence-electron chi connectivity index (χ1n) is 8.00. The van der Waals surface area contributed by atoms with Crippen LogP contribution in [0.4, 0.5) is 0 Å². The van der Waals surface area contributed by atoms with Crippen molar-refractivity contribution in [3.05, 3.63) is 72.9 Å². The zero-order valence-corrected chi connectivity index (χ0v) is 12.9. The van der Waals surface area contributed by atoms with E-state index in [1.54, 1.807) is 6.08 Å². The van der Waals surface area contributed by atoms with Crippen molar-refractivity contribution in [3.8, 4) is 0 Å². The number of allylic oxidation sites excluding steroid dienone is 4. The smallest absolute Gasteiger partial charge is 0.0909 e. The molecule has 1 aromatic rings. The van der Waals surface area contributed by atoms with Crippen molar-refractivity contribution in [2.45, 2.75) is 37.8 Å². The predicted octanol–water partition coefficient (Wildman–Crippen LogP) is 4.54. The summed E-state index contributed by atoms with van der Waals surface area (Å²) in [6, 6.07) is 11.0. The third-order valence-electron chi connectivity index (χ3n) is 4.35. The van der Waals surface area contributed by atoms with Crippen molar-refractivity contribution in [2.24, 2.45) is 9.98 Å². The van der Waals surface area contributed by atoms with Crippen LogP contribution in [0.25, 0.3) is 0 Å². The normalized spacial score (nSPS) is 24.8. The zero-order valence-electron chi connectivity index (χ0n) is 12.9. The highest BCUT2D eigenvalue weighted by molar-refractivity contribution is 6.54. The van der Waals surface area contributed by atoms with Crippen molar-refractivity contribution in [2.75, 3.05) is 0 Å². The van der Waals surface area contributed by atoms with Crippen molar-refractivity contribution in [3.63, 3.8) is 0 Å². The second-order valence-electron chi connectivity index (χ2n) is 5.80. The van der Waals surface area contributed by atoms with E-state index in [1.807, 2.05) is 30.4 Å². The summed E-state index contributed by atoms with van der Waals surface area (Å²) < 4.78 is 0. The molecule has 22 heavy (non-hydrogen) atoms. The Kier molecular flexibility index (Phi) is 4.47. The molecule has 2 nitrogen and oxygen atoms in total. The third kappa shape index (κ3) is 2.87. The molecule has 0 radical (unpaired) electrons. The molecule has 1 fully saturated rings. The van der Waals surface area contributed by atoms with Gasteiger partial charge in [0.2, 0.25) is 0 Å². The van der Waals surface area contributed by atoms with Gasteiger partial charge in [-0.3, -0.25) is 9.98 Å². The fourth-order valence-corrected chi connectivity index (χ4v) is 3.24. The molecule has 0 aromatic heterocycles. The van der Waals surface area contributed by atoms with E-state index in [0.717, 1.165) is 35.4 Å². The Balaban J connectivity index is 2.07. The first kappa shape index (κ1) is 14.7. The van der Waals surface area contributed by atoms with Gasteiger partial charge < -0.3 is 0 Å². The molecule has 3 rings (SSSR count). The second kappa shape index (κ2) is 6.69. The molecule has 2 unspecified atom stereocenters. The molecule has 0 N–H and O–H groups in total. The van der Waals surface area contributed by atoms with Crippen molar-refractivity contribution >= 4 is 11.4 Å². The lowest BCUT2D eigenvalue weighted by molar-refractivity contribution is 0.386. The van der Waals surface area contributed by atoms with E-state index in [4.69, 9.17) is 9.98 Å². The summed E-state index contributed by atoms with van der Waals surface area (Å²) in [5.74, 6) is 0. The van der Waals surface area contributed by atoms with Gasteiger partial charge in [-0.25, -0.2) is 0 Å². The maximum atomic E-state index is 5.07. The Labute approximate surface area is 132 Å². The molecule has 0 bridgehead atoms. The van der Waals surface area contributed by atoms with Crippen LogP contribution in [-0.4, -0.2) is 23.5 Å². The molecule has 1 saturated carbocycles. The van der Waals surface area contributed by atoms with Crippen LogP contribution in [0.1, 0.15) is 31.2 Å². The van der Waals surface area contributed by atoms with Crippen LogP contribution in [-0.2, 0) is 0 Å². The number of hydrogen-bond donors (Lipinski definition) is 0. The molecule has 0 saturated heterocycles. The molecule has 2 aliphatic rings. The van der Waals surface area contributed by atoms with Gasteiger partial charge in [0.05, 0.1) is 23.5 Å². The van der Waals surface area contributed by atoms with Crippen molar-refractivity contribution in [1.82, 2.24) is 0 Å². The highest BCUT2D eigenvalue weighted by Crippen LogP contribution is 2.29. The van der Waals surface area contributed by atoms with E-state index in [1.165, 1.54) is 12.8 Å². The molecule has 112 valence electrons. The van der Waals surface area contributed by atoms with Gasteiger partial charge in [-0.2, -0.15) is 0 Å². The van der Waals surface area contributed by atoms with Crippen LogP contribution in [0.15, 0.2) is 77.3 Å². The summed E-state index contributed by atoms with van der Waals surface area (Å²) in [7, 11) is 0. The summed E-state index contributed by atoms with van der Waals surface area (Å²) in [6.45, 7) is 7.74. The number of hydrogen-bond acceptors (Lipinski definition) is 2. The molecule has 2 atom stereocenters. The molecule has 1 aliphatic carbocycles. The Morgan fingerprint density at radius 2 is 1.68 bits per heavy atom. The summed E-state index contributed by atoms with van der Waals surface area (Å²) in [5, 5.41) is 0. The average molecular weight is 290 g/mol. The molecule has 2 heteroatoms. The van der Waals surface area contributed by atoms with Crippen LogP contribution in [0.3, 0.4) is 0 Å². The molecule has 0 amide bonds. The number of benzene rings is 1. The SMILES string of the molecule is C=C/C=C(\C=C)C1=NC2CCCCC2N=C1c1ccccc1. The van der Waals surface area contributed by atoms with Crippen LogP contribution in [0, 0.1) is 0 Å². The van der Waals surface area contributed by atoms with Gasteiger partial charge in [-0.05, 0) is 12.8 Å². The Morgan fingerprint density at radius 1 is 1.00 bits per heavy atom. The van der Waals surface area contributed by atoms with E-state index in [0.29, 0.717) is 12.1 Å². The number of rotatable bonds is 4. The number of fused-ring (bicyclic) bond motifs is 1. The van der Waals surface area contributed by atoms with Crippen molar-refractivity contribution in [1.29, 1.82) is 0 Å². The first-order valence-corrected chi connectivity index (χ1v) is 8.00. The van der Waals surface area contributed by atoms with Crippen LogP contribution in [0.5, 0.6) is 0 Å². The molecule has 1 aliphatic heterocycles. The fraction of sp³-hybridized carbons (Fsp3) is 0.300. The lowest BCUT2D eigenvalue weighted by atomic mass is 9.87. The van der Waals surface area contributed by atoms with Gasteiger partial charge in [0.15, 0.2) is 0 Å². The Hall–Kier alpha value is -2.22. The summed E-state index contributed by atoms with van der Waals surface area (Å²) in [6.07, 6.45) is 10.4. The highest BCUT2D eigenvalue weighted by Gasteiger charge is 2.31. The molecular formula is C20H22N2. The lowest BCUT2D eigenvalue weighted by Crippen LogP contribution is -2.36. The number of nitrogens with zero attached hydrogens (tertiary/aromatic N) is 2. The largest absolute Gasteiger partial charge is 0.277 e. The van der Waals surface area contributed by atoms with E-state index < -0.39 is 0 Å². The maximum Gasteiger partial charge on any atom is 0.0909 e. The topological polar surface area (TPSA) is 24.7 Å². The summed E-state index contributed by atoms with van der Waals surface area (Å²) in [5.41, 5.74) is 4.09. The summed E-state index contributed by atoms with van der Waals surface area (Å²) in [4.78, 5) is 10.1. The van der Waals surface area contributed by atoms with Crippen LogP contribution in [0.2, 0.25) is 0 Å². The minimum atomic E-state index is 0.323. The predicted molar refractivity (Wildman–Crippen MR) is 94.9 cm³/mol. The van der Waals surface area contributed by atoms with Gasteiger partial charge in [-0.15, -0.1) is 0 Å². The molecule has 0 spiro atoms. The Morgan fingerprint density at radius 3 is 2.32 bits per heavy atom. The quantitative estimate of drug-likeness (QED) is 0.727. The highest BCUT2D eigenvalue weighted by atomic mass is 15.0. The van der Waals surface area contributed by atoms with Crippen molar-refractivity contribution < 1.29 is 0 Å². The molecule has 1 heterocycles. The van der Waals surface area contributed by atoms with Crippen LogP contribution < -0.4 is 0 Å². The van der Waals surface area contributed by atoms with Gasteiger partial charge in [-0.1, -0.05) is 74.6 Å². The average Bonchev–Trinajstić information content (AvgIpc) is 2.59. The van der Waals surface area contributed by atoms with E-state index in [9.17, 15) is 0 Å². The molecular weight excluding hydrogens is 268 g/mol. The molecule has 1 aromatic carbocycles. The van der Waals surface area contributed by atoms with E-state index >= 15 is 0 Å². The van der Waals surface area contributed by atoms with Crippen LogP contribution >= 0.6 is 0 Å². The maximum absolute atomic E-state index is 5.07. The second-order valence-corrected chi connectivity index (χ2v) is 5.80. The van der Waals surface area contributed by atoms with Gasteiger partial charge in [0.1, 0.15) is 0 Å². The third-order valence-corrected chi connectivity index (χ3v) is 4.35. The minimum absolute atomic E-state index is 0.323. The summed E-state index contributed by atoms with van der Waals surface area (Å²) >= 11 is 0. The van der Waals surface area contributed by atoms with E-state index in [2.05, 4.69) is 25.3 Å². The zero-order chi connectivity index (χ0) is 15.4. The monoisotopic (exact) mass is 290 g/mol.